The molecule has 0 saturated carbocycles. The molecule has 0 radical (unpaired) electrons. The Morgan fingerprint density at radius 3 is 2.47 bits per heavy atom. The van der Waals surface area contributed by atoms with E-state index in [9.17, 15) is 14.4 Å². The number of carbonyl (C=O) groups excluding carboxylic acids is 3. The van der Waals surface area contributed by atoms with Crippen molar-refractivity contribution in [2.45, 2.75) is 13.3 Å². The molecule has 2 aromatic carbocycles. The second-order valence-corrected chi connectivity index (χ2v) is 7.31. The second-order valence-electron chi connectivity index (χ2n) is 7.31. The number of fused-ring (bicyclic) bond motifs is 1. The lowest BCUT2D eigenvalue weighted by Gasteiger charge is -2.15. The molecule has 0 fully saturated rings. The smallest absolute Gasteiger partial charge is 0.278 e. The zero-order chi connectivity index (χ0) is 22.7. The van der Waals surface area contributed by atoms with Gasteiger partial charge >= 0.3 is 0 Å². The van der Waals surface area contributed by atoms with Gasteiger partial charge in [-0.05, 0) is 36.2 Å². The number of methoxy groups -OCH3 is 1. The van der Waals surface area contributed by atoms with Gasteiger partial charge in [0.15, 0.2) is 11.5 Å². The topological polar surface area (TPSA) is 106 Å². The molecule has 166 valence electrons. The maximum absolute atomic E-state index is 13.2. The zero-order valence-corrected chi connectivity index (χ0v) is 17.8. The van der Waals surface area contributed by atoms with Crippen molar-refractivity contribution < 1.29 is 28.6 Å². The third-order valence-corrected chi connectivity index (χ3v) is 5.03. The highest BCUT2D eigenvalue weighted by Crippen LogP contribution is 2.36. The van der Waals surface area contributed by atoms with Crippen LogP contribution in [0.25, 0.3) is 5.57 Å². The summed E-state index contributed by atoms with van der Waals surface area (Å²) in [4.78, 5) is 38.9. The Kier molecular flexibility index (Phi) is 6.09. The van der Waals surface area contributed by atoms with Crippen molar-refractivity contribution in [2.24, 2.45) is 0 Å². The van der Waals surface area contributed by atoms with Gasteiger partial charge in [-0.25, -0.2) is 0 Å². The number of amides is 3. The van der Waals surface area contributed by atoms with E-state index in [0.29, 0.717) is 41.5 Å². The quantitative estimate of drug-likeness (QED) is 0.483. The van der Waals surface area contributed by atoms with Crippen molar-refractivity contribution in [1.82, 2.24) is 4.90 Å². The first-order valence-electron chi connectivity index (χ1n) is 10.1. The molecule has 2 aliphatic heterocycles. The zero-order valence-electron chi connectivity index (χ0n) is 17.8. The third-order valence-electron chi connectivity index (χ3n) is 5.03. The van der Waals surface area contributed by atoms with Gasteiger partial charge < -0.3 is 24.8 Å². The van der Waals surface area contributed by atoms with E-state index in [1.165, 1.54) is 11.8 Å². The van der Waals surface area contributed by atoms with Crippen LogP contribution in [0.15, 0.2) is 48.2 Å². The predicted molar refractivity (Wildman–Crippen MR) is 117 cm³/mol. The van der Waals surface area contributed by atoms with Crippen LogP contribution in [0.4, 0.5) is 11.4 Å². The first kappa shape index (κ1) is 21.4. The van der Waals surface area contributed by atoms with Gasteiger partial charge in [-0.2, -0.15) is 0 Å². The number of imide groups is 1. The molecule has 9 heteroatoms. The molecular formula is C23H23N3O6. The fourth-order valence-electron chi connectivity index (χ4n) is 3.57. The summed E-state index contributed by atoms with van der Waals surface area (Å²) in [6, 6.07) is 12.0. The van der Waals surface area contributed by atoms with Crippen molar-refractivity contribution in [3.63, 3.8) is 0 Å². The van der Waals surface area contributed by atoms with Crippen LogP contribution in [0, 0.1) is 0 Å². The normalized spacial score (nSPS) is 14.9. The Morgan fingerprint density at radius 1 is 1.03 bits per heavy atom. The minimum atomic E-state index is -0.412. The number of hydrogen-bond acceptors (Lipinski definition) is 7. The van der Waals surface area contributed by atoms with Gasteiger partial charge in [-0.3, -0.25) is 19.3 Å². The molecule has 2 heterocycles. The summed E-state index contributed by atoms with van der Waals surface area (Å²) in [6.07, 6.45) is 0.528. The molecular weight excluding hydrogens is 414 g/mol. The summed E-state index contributed by atoms with van der Waals surface area (Å²) >= 11 is 0. The first-order valence-corrected chi connectivity index (χ1v) is 10.1. The van der Waals surface area contributed by atoms with E-state index in [4.69, 9.17) is 14.2 Å². The molecule has 0 aromatic heterocycles. The lowest BCUT2D eigenvalue weighted by atomic mass is 10.0. The van der Waals surface area contributed by atoms with Crippen molar-refractivity contribution in [3.05, 3.63) is 53.7 Å². The Hall–Kier alpha value is -3.85. The molecule has 0 saturated heterocycles. The predicted octanol–water partition coefficient (Wildman–Crippen LogP) is 2.60. The van der Waals surface area contributed by atoms with Gasteiger partial charge in [-0.1, -0.05) is 12.1 Å². The molecule has 0 spiro atoms. The summed E-state index contributed by atoms with van der Waals surface area (Å²) in [5.74, 6) is 0.184. The first-order chi connectivity index (χ1) is 15.5. The second kappa shape index (κ2) is 9.11. The molecule has 2 N–H and O–H groups in total. The minimum Gasteiger partial charge on any atom is -0.454 e. The van der Waals surface area contributed by atoms with Crippen LogP contribution in [-0.4, -0.2) is 49.7 Å². The number of hydrogen-bond donors (Lipinski definition) is 2. The number of anilines is 2. The number of rotatable bonds is 8. The highest BCUT2D eigenvalue weighted by atomic mass is 16.7. The lowest BCUT2D eigenvalue weighted by molar-refractivity contribution is -0.137. The highest BCUT2D eigenvalue weighted by Gasteiger charge is 2.39. The molecule has 0 unspecified atom stereocenters. The Morgan fingerprint density at radius 2 is 1.75 bits per heavy atom. The highest BCUT2D eigenvalue weighted by molar-refractivity contribution is 6.36. The molecule has 2 aromatic rings. The number of nitrogens with zero attached hydrogens (tertiary/aromatic N) is 1. The van der Waals surface area contributed by atoms with E-state index < -0.39 is 5.91 Å². The van der Waals surface area contributed by atoms with Gasteiger partial charge in [0.25, 0.3) is 11.8 Å². The number of carbonyl (C=O) groups is 3. The Bertz CT molecular complexity index is 1090. The van der Waals surface area contributed by atoms with E-state index in [1.54, 1.807) is 49.6 Å². The number of nitrogens with one attached hydrogen (secondary N) is 2. The molecule has 32 heavy (non-hydrogen) atoms. The average Bonchev–Trinajstić information content (AvgIpc) is 3.32. The molecule has 4 rings (SSSR count). The van der Waals surface area contributed by atoms with E-state index in [1.807, 2.05) is 0 Å². The number of benzene rings is 2. The largest absolute Gasteiger partial charge is 0.454 e. The van der Waals surface area contributed by atoms with Crippen LogP contribution in [0.5, 0.6) is 11.5 Å². The van der Waals surface area contributed by atoms with Gasteiger partial charge in [0.1, 0.15) is 5.70 Å². The van der Waals surface area contributed by atoms with Crippen LogP contribution < -0.4 is 20.1 Å². The maximum Gasteiger partial charge on any atom is 0.278 e. The molecule has 0 atom stereocenters. The monoisotopic (exact) mass is 437 g/mol. The number of ether oxygens (including phenoxy) is 3. The molecule has 2 aliphatic rings. The van der Waals surface area contributed by atoms with Gasteiger partial charge in [-0.15, -0.1) is 0 Å². The van der Waals surface area contributed by atoms with E-state index in [0.717, 1.165) is 0 Å². The summed E-state index contributed by atoms with van der Waals surface area (Å²) in [6.45, 7) is 2.23. The van der Waals surface area contributed by atoms with E-state index in [2.05, 4.69) is 10.6 Å². The van der Waals surface area contributed by atoms with Crippen molar-refractivity contribution in [1.29, 1.82) is 0 Å². The van der Waals surface area contributed by atoms with Crippen LogP contribution in [-0.2, 0) is 19.1 Å². The van der Waals surface area contributed by atoms with Gasteiger partial charge in [0.05, 0.1) is 5.57 Å². The van der Waals surface area contributed by atoms with Crippen molar-refractivity contribution in [3.8, 4) is 11.5 Å². The molecule has 0 bridgehead atoms. The van der Waals surface area contributed by atoms with Crippen LogP contribution in [0.3, 0.4) is 0 Å². The van der Waals surface area contributed by atoms with Crippen LogP contribution in [0.1, 0.15) is 18.9 Å². The Labute approximate surface area is 184 Å². The maximum atomic E-state index is 13.2. The molecule has 3 amide bonds. The van der Waals surface area contributed by atoms with Gasteiger partial charge in [0.2, 0.25) is 12.7 Å². The SMILES string of the molecule is COCCCN1C(=O)C(Nc2ccc3c(c2)OCO3)=C(c2ccc(NC(C)=O)cc2)C1=O. The van der Waals surface area contributed by atoms with Crippen LogP contribution in [0.2, 0.25) is 0 Å². The van der Waals surface area contributed by atoms with Crippen LogP contribution >= 0.6 is 0 Å². The van der Waals surface area contributed by atoms with E-state index in [-0.39, 0.29) is 36.4 Å². The fourth-order valence-corrected chi connectivity index (χ4v) is 3.57. The van der Waals surface area contributed by atoms with E-state index >= 15 is 0 Å². The molecule has 0 aliphatic carbocycles. The van der Waals surface area contributed by atoms with Crippen molar-refractivity contribution in [2.75, 3.05) is 37.7 Å². The average molecular weight is 437 g/mol. The third kappa shape index (κ3) is 4.28. The Balaban J connectivity index is 1.67. The van der Waals surface area contributed by atoms with Crippen molar-refractivity contribution >= 4 is 34.7 Å². The fraction of sp³-hybridized carbons (Fsp3) is 0.261. The molecule has 9 nitrogen and oxygen atoms in total. The summed E-state index contributed by atoms with van der Waals surface area (Å²) in [5.41, 5.74) is 2.20. The minimum absolute atomic E-state index is 0.137. The van der Waals surface area contributed by atoms with Gasteiger partial charge in [0, 0.05) is 44.6 Å². The summed E-state index contributed by atoms with van der Waals surface area (Å²) in [5, 5.41) is 5.79. The lowest BCUT2D eigenvalue weighted by Crippen LogP contribution is -2.33. The summed E-state index contributed by atoms with van der Waals surface area (Å²) < 4.78 is 15.8. The standard InChI is InChI=1S/C23H23N3O6/c1-14(27)24-16-6-4-15(5-7-16)20-21(23(29)26(22(20)28)10-3-11-30-2)25-17-8-9-18-19(12-17)32-13-31-18/h4-9,12,25H,3,10-11,13H2,1-2H3,(H,24,27). The summed E-state index contributed by atoms with van der Waals surface area (Å²) in [7, 11) is 1.57.